The molecule has 2 aliphatic carbocycles. The molecular weight excluding hydrogens is 388 g/mol. The lowest BCUT2D eigenvalue weighted by Crippen LogP contribution is -2.15. The summed E-state index contributed by atoms with van der Waals surface area (Å²) < 4.78 is 0. The number of anilines is 2. The molecule has 2 aromatic rings. The lowest BCUT2D eigenvalue weighted by Gasteiger charge is -2.28. The minimum atomic E-state index is 0.242. The number of hydrogen-bond acceptors (Lipinski definition) is 2. The smallest absolute Gasteiger partial charge is 0.0361 e. The molecule has 2 atom stereocenters. The quantitative estimate of drug-likeness (QED) is 0.527. The third-order valence-electron chi connectivity index (χ3n) is 6.17. The molecule has 0 saturated heterocycles. The van der Waals surface area contributed by atoms with Gasteiger partial charge < -0.3 is 9.80 Å². The van der Waals surface area contributed by atoms with Gasteiger partial charge in [-0.2, -0.15) is 0 Å². The zero-order valence-electron chi connectivity index (χ0n) is 19.4. The zero-order chi connectivity index (χ0) is 22.5. The molecule has 32 heavy (non-hydrogen) atoms. The van der Waals surface area contributed by atoms with E-state index in [1.54, 1.807) is 0 Å². The molecule has 0 aromatic heterocycles. The minimum Gasteiger partial charge on any atom is -0.378 e. The third kappa shape index (κ3) is 4.70. The molecule has 0 radical (unpaired) electrons. The molecule has 2 aromatic carbocycles. The summed E-state index contributed by atoms with van der Waals surface area (Å²) in [5, 5.41) is 0. The summed E-state index contributed by atoms with van der Waals surface area (Å²) in [6, 6.07) is 17.8. The maximum atomic E-state index is 2.34. The first kappa shape index (κ1) is 21.7. The van der Waals surface area contributed by atoms with E-state index in [1.807, 2.05) is 0 Å². The summed E-state index contributed by atoms with van der Waals surface area (Å²) in [6.07, 6.45) is 22.2. The predicted molar refractivity (Wildman–Crippen MR) is 141 cm³/mol. The van der Waals surface area contributed by atoms with Crippen molar-refractivity contribution in [3.8, 4) is 0 Å². The van der Waals surface area contributed by atoms with Gasteiger partial charge in [0, 0.05) is 51.4 Å². The molecule has 2 unspecified atom stereocenters. The minimum absolute atomic E-state index is 0.242. The van der Waals surface area contributed by atoms with Crippen molar-refractivity contribution in [1.29, 1.82) is 0 Å². The summed E-state index contributed by atoms with van der Waals surface area (Å²) in [5.74, 6) is 0.484. The van der Waals surface area contributed by atoms with E-state index in [4.69, 9.17) is 0 Å². The number of nitrogens with zero attached hydrogens (tertiary/aromatic N) is 2. The van der Waals surface area contributed by atoms with Crippen molar-refractivity contribution >= 4 is 22.5 Å². The molecular formula is C30H32N2. The monoisotopic (exact) mass is 420 g/mol. The Morgan fingerprint density at radius 3 is 1.19 bits per heavy atom. The molecule has 0 heterocycles. The second kappa shape index (κ2) is 9.74. The second-order valence-corrected chi connectivity index (χ2v) is 8.72. The van der Waals surface area contributed by atoms with Crippen LogP contribution in [0.25, 0.3) is 11.1 Å². The van der Waals surface area contributed by atoms with Gasteiger partial charge in [0.25, 0.3) is 0 Å². The third-order valence-corrected chi connectivity index (χ3v) is 6.17. The number of hydrogen-bond donors (Lipinski definition) is 0. The summed E-state index contributed by atoms with van der Waals surface area (Å²) in [5.41, 5.74) is 7.64. The van der Waals surface area contributed by atoms with Crippen LogP contribution < -0.4 is 9.80 Å². The van der Waals surface area contributed by atoms with Gasteiger partial charge in [0.05, 0.1) is 0 Å². The SMILES string of the molecule is CN(C)c1ccc(C2=CC=CC=CC2C2C=CC=CC=C2c2ccc(N(C)C)cc2)cc1. The average Bonchev–Trinajstić information content (AvgIpc) is 3.20. The highest BCUT2D eigenvalue weighted by atomic mass is 15.1. The highest BCUT2D eigenvalue weighted by Gasteiger charge is 2.26. The Morgan fingerprint density at radius 2 is 0.844 bits per heavy atom. The summed E-state index contributed by atoms with van der Waals surface area (Å²) >= 11 is 0. The molecule has 162 valence electrons. The highest BCUT2D eigenvalue weighted by Crippen LogP contribution is 2.41. The van der Waals surface area contributed by atoms with Crippen molar-refractivity contribution in [1.82, 2.24) is 0 Å². The van der Waals surface area contributed by atoms with Crippen molar-refractivity contribution in [3.05, 3.63) is 120 Å². The molecule has 0 amide bonds. The van der Waals surface area contributed by atoms with Crippen molar-refractivity contribution in [2.45, 2.75) is 0 Å². The van der Waals surface area contributed by atoms with E-state index in [1.165, 1.54) is 33.6 Å². The van der Waals surface area contributed by atoms with E-state index in [2.05, 4.69) is 147 Å². The standard InChI is InChI=1S/C30H32N2/c1-31(2)25-19-15-23(16-20-25)27-11-7-5-9-13-29(27)30-14-10-6-8-12-28(30)24-17-21-26(22-18-24)32(3)4/h5-22,29-30H,1-4H3. The van der Waals surface area contributed by atoms with E-state index in [0.29, 0.717) is 0 Å². The largest absolute Gasteiger partial charge is 0.378 e. The number of rotatable bonds is 5. The highest BCUT2D eigenvalue weighted by molar-refractivity contribution is 5.79. The van der Waals surface area contributed by atoms with Crippen LogP contribution in [0.3, 0.4) is 0 Å². The van der Waals surface area contributed by atoms with Crippen LogP contribution in [0.5, 0.6) is 0 Å². The molecule has 0 fully saturated rings. The first-order valence-corrected chi connectivity index (χ1v) is 11.2. The van der Waals surface area contributed by atoms with Crippen molar-refractivity contribution in [2.75, 3.05) is 38.0 Å². The fourth-order valence-electron chi connectivity index (χ4n) is 4.35. The van der Waals surface area contributed by atoms with Crippen LogP contribution in [0.15, 0.2) is 109 Å². The van der Waals surface area contributed by atoms with E-state index >= 15 is 0 Å². The van der Waals surface area contributed by atoms with E-state index < -0.39 is 0 Å². The molecule has 2 heteroatoms. The van der Waals surface area contributed by atoms with Gasteiger partial charge in [-0.05, 0) is 46.5 Å². The van der Waals surface area contributed by atoms with Crippen LogP contribution in [0.1, 0.15) is 11.1 Å². The maximum Gasteiger partial charge on any atom is 0.0361 e. The van der Waals surface area contributed by atoms with Gasteiger partial charge in [-0.1, -0.05) is 85.0 Å². The lowest BCUT2D eigenvalue weighted by atomic mass is 9.76. The first-order valence-electron chi connectivity index (χ1n) is 11.2. The summed E-state index contributed by atoms with van der Waals surface area (Å²) in [6.45, 7) is 0. The van der Waals surface area contributed by atoms with Gasteiger partial charge in [0.2, 0.25) is 0 Å². The van der Waals surface area contributed by atoms with Crippen molar-refractivity contribution in [3.63, 3.8) is 0 Å². The summed E-state index contributed by atoms with van der Waals surface area (Å²) in [7, 11) is 8.32. The number of allylic oxidation sites excluding steroid dienone is 12. The van der Waals surface area contributed by atoms with Crippen LogP contribution in [-0.2, 0) is 0 Å². The topological polar surface area (TPSA) is 6.48 Å². The van der Waals surface area contributed by atoms with Gasteiger partial charge in [0.1, 0.15) is 0 Å². The maximum absolute atomic E-state index is 2.34. The molecule has 0 saturated carbocycles. The zero-order valence-corrected chi connectivity index (χ0v) is 19.4. The van der Waals surface area contributed by atoms with Gasteiger partial charge >= 0.3 is 0 Å². The Hall–Kier alpha value is -3.52. The first-order chi connectivity index (χ1) is 15.5. The Labute approximate surface area is 192 Å². The Bertz CT molecular complexity index is 1010. The van der Waals surface area contributed by atoms with Gasteiger partial charge in [0.15, 0.2) is 0 Å². The molecule has 4 rings (SSSR count). The molecule has 0 N–H and O–H groups in total. The Balaban J connectivity index is 1.73. The van der Waals surface area contributed by atoms with Gasteiger partial charge in [-0.25, -0.2) is 0 Å². The molecule has 0 spiro atoms. The van der Waals surface area contributed by atoms with Crippen LogP contribution in [0.4, 0.5) is 11.4 Å². The average molecular weight is 421 g/mol. The van der Waals surface area contributed by atoms with Crippen LogP contribution in [0.2, 0.25) is 0 Å². The van der Waals surface area contributed by atoms with Crippen LogP contribution in [0, 0.1) is 11.8 Å². The van der Waals surface area contributed by atoms with Crippen molar-refractivity contribution < 1.29 is 0 Å². The van der Waals surface area contributed by atoms with E-state index in [0.717, 1.165) is 0 Å². The Kier molecular flexibility index (Phi) is 6.61. The Morgan fingerprint density at radius 1 is 0.469 bits per heavy atom. The van der Waals surface area contributed by atoms with Gasteiger partial charge in [-0.3, -0.25) is 0 Å². The predicted octanol–water partition coefficient (Wildman–Crippen LogP) is 6.77. The van der Waals surface area contributed by atoms with E-state index in [9.17, 15) is 0 Å². The van der Waals surface area contributed by atoms with Crippen LogP contribution in [-0.4, -0.2) is 28.2 Å². The van der Waals surface area contributed by atoms with Crippen molar-refractivity contribution in [2.24, 2.45) is 11.8 Å². The molecule has 2 aliphatic rings. The molecule has 2 nitrogen and oxygen atoms in total. The van der Waals surface area contributed by atoms with Crippen LogP contribution >= 0.6 is 0 Å². The van der Waals surface area contributed by atoms with E-state index in [-0.39, 0.29) is 11.8 Å². The fraction of sp³-hybridized carbons (Fsp3) is 0.200. The molecule has 0 aliphatic heterocycles. The van der Waals surface area contributed by atoms with Gasteiger partial charge in [-0.15, -0.1) is 0 Å². The normalized spacial score (nSPS) is 19.8. The fourth-order valence-corrected chi connectivity index (χ4v) is 4.35. The molecule has 0 bridgehead atoms. The lowest BCUT2D eigenvalue weighted by molar-refractivity contribution is 0.711. The second-order valence-electron chi connectivity index (χ2n) is 8.72. The number of benzene rings is 2. The summed E-state index contributed by atoms with van der Waals surface area (Å²) in [4.78, 5) is 4.28.